The first-order valence-electron chi connectivity index (χ1n) is 10.1. The summed E-state index contributed by atoms with van der Waals surface area (Å²) in [5, 5.41) is 0. The van der Waals surface area contributed by atoms with Crippen LogP contribution in [0.25, 0.3) is 11.1 Å². The largest absolute Gasteiger partial charge is 0.373 e. The van der Waals surface area contributed by atoms with E-state index in [0.717, 1.165) is 18.9 Å². The normalized spacial score (nSPS) is 20.6. The van der Waals surface area contributed by atoms with Crippen molar-refractivity contribution in [2.75, 3.05) is 6.61 Å². The first-order valence-corrected chi connectivity index (χ1v) is 10.1. The van der Waals surface area contributed by atoms with Gasteiger partial charge in [0.25, 0.3) is 0 Å². The molecule has 2 aromatic rings. The minimum Gasteiger partial charge on any atom is -0.373 e. The summed E-state index contributed by atoms with van der Waals surface area (Å²) in [7, 11) is 0. The monoisotopic (exact) mass is 336 g/mol. The molecule has 0 bridgehead atoms. The van der Waals surface area contributed by atoms with Crippen LogP contribution in [0.3, 0.4) is 0 Å². The predicted octanol–water partition coefficient (Wildman–Crippen LogP) is 6.96. The highest BCUT2D eigenvalue weighted by Crippen LogP contribution is 2.33. The molecule has 25 heavy (non-hydrogen) atoms. The molecule has 2 aromatic carbocycles. The van der Waals surface area contributed by atoms with Gasteiger partial charge in [-0.3, -0.25) is 0 Å². The molecular weight excluding hydrogens is 304 g/mol. The number of unbranched alkanes of at least 4 members (excludes halogenated alkanes) is 1. The third-order valence-corrected chi connectivity index (χ3v) is 5.46. The molecular formula is C24H32O. The van der Waals surface area contributed by atoms with Gasteiger partial charge in [-0.25, -0.2) is 0 Å². The number of rotatable bonds is 7. The fourth-order valence-corrected chi connectivity index (χ4v) is 3.84. The summed E-state index contributed by atoms with van der Waals surface area (Å²) >= 11 is 0. The SMILES string of the molecule is CCCCc1ccc(-c2ccc(C3CCC(CCC)CO3)cc2)cc1. The highest BCUT2D eigenvalue weighted by atomic mass is 16.5. The van der Waals surface area contributed by atoms with Gasteiger partial charge in [-0.15, -0.1) is 0 Å². The second kappa shape index (κ2) is 9.20. The van der Waals surface area contributed by atoms with Crippen LogP contribution < -0.4 is 0 Å². The Labute approximate surface area is 153 Å². The maximum atomic E-state index is 6.13. The minimum atomic E-state index is 0.290. The fourth-order valence-electron chi connectivity index (χ4n) is 3.84. The van der Waals surface area contributed by atoms with Crippen molar-refractivity contribution in [2.45, 2.75) is 64.9 Å². The molecule has 134 valence electrons. The van der Waals surface area contributed by atoms with Crippen LogP contribution in [0.1, 0.15) is 69.6 Å². The molecule has 1 saturated heterocycles. The van der Waals surface area contributed by atoms with Crippen LogP contribution in [-0.2, 0) is 11.2 Å². The Morgan fingerprint density at radius 3 is 2.08 bits per heavy atom. The van der Waals surface area contributed by atoms with Crippen LogP contribution in [0.5, 0.6) is 0 Å². The Kier molecular flexibility index (Phi) is 6.69. The maximum Gasteiger partial charge on any atom is 0.0825 e. The van der Waals surface area contributed by atoms with E-state index in [1.165, 1.54) is 60.8 Å². The van der Waals surface area contributed by atoms with Crippen molar-refractivity contribution in [1.82, 2.24) is 0 Å². The second-order valence-electron chi connectivity index (χ2n) is 7.48. The molecule has 1 aliphatic heterocycles. The summed E-state index contributed by atoms with van der Waals surface area (Å²) < 4.78 is 6.13. The average Bonchev–Trinajstić information content (AvgIpc) is 2.68. The summed E-state index contributed by atoms with van der Waals surface area (Å²) in [6.07, 6.45) is 9.05. The van der Waals surface area contributed by atoms with E-state index >= 15 is 0 Å². The lowest BCUT2D eigenvalue weighted by molar-refractivity contribution is -0.0194. The Morgan fingerprint density at radius 2 is 1.52 bits per heavy atom. The van der Waals surface area contributed by atoms with Crippen LogP contribution >= 0.6 is 0 Å². The van der Waals surface area contributed by atoms with E-state index in [9.17, 15) is 0 Å². The van der Waals surface area contributed by atoms with Crippen molar-refractivity contribution in [3.05, 3.63) is 59.7 Å². The van der Waals surface area contributed by atoms with Crippen molar-refractivity contribution in [3.8, 4) is 11.1 Å². The van der Waals surface area contributed by atoms with Crippen molar-refractivity contribution < 1.29 is 4.74 Å². The van der Waals surface area contributed by atoms with Gasteiger partial charge in [-0.2, -0.15) is 0 Å². The number of aryl methyl sites for hydroxylation is 1. The molecule has 1 heteroatoms. The summed E-state index contributed by atoms with van der Waals surface area (Å²) in [6, 6.07) is 18.1. The topological polar surface area (TPSA) is 9.23 Å². The van der Waals surface area contributed by atoms with Crippen LogP contribution in [0.2, 0.25) is 0 Å². The molecule has 0 amide bonds. The summed E-state index contributed by atoms with van der Waals surface area (Å²) in [5.41, 5.74) is 5.38. The second-order valence-corrected chi connectivity index (χ2v) is 7.48. The predicted molar refractivity (Wildman–Crippen MR) is 107 cm³/mol. The molecule has 1 aliphatic rings. The molecule has 0 radical (unpaired) electrons. The summed E-state index contributed by atoms with van der Waals surface area (Å²) in [6.45, 7) is 5.44. The molecule has 1 heterocycles. The molecule has 2 atom stereocenters. The Morgan fingerprint density at radius 1 is 0.840 bits per heavy atom. The van der Waals surface area contributed by atoms with Crippen LogP contribution in [0.4, 0.5) is 0 Å². The highest BCUT2D eigenvalue weighted by Gasteiger charge is 2.22. The Bertz CT molecular complexity index is 618. The molecule has 0 N–H and O–H groups in total. The van der Waals surface area contributed by atoms with E-state index in [4.69, 9.17) is 4.74 Å². The van der Waals surface area contributed by atoms with E-state index in [-0.39, 0.29) is 0 Å². The first kappa shape index (κ1) is 18.2. The van der Waals surface area contributed by atoms with E-state index in [2.05, 4.69) is 62.4 Å². The van der Waals surface area contributed by atoms with Crippen LogP contribution in [0.15, 0.2) is 48.5 Å². The van der Waals surface area contributed by atoms with Crippen molar-refractivity contribution >= 4 is 0 Å². The maximum absolute atomic E-state index is 6.13. The van der Waals surface area contributed by atoms with Crippen molar-refractivity contribution in [1.29, 1.82) is 0 Å². The zero-order valence-corrected chi connectivity index (χ0v) is 15.8. The highest BCUT2D eigenvalue weighted by molar-refractivity contribution is 5.64. The van der Waals surface area contributed by atoms with Crippen molar-refractivity contribution in [3.63, 3.8) is 0 Å². The standard InChI is InChI=1S/C24H32O/c1-3-5-7-19-8-11-21(12-9-19)22-13-15-23(16-14-22)24-17-10-20(6-4-2)18-25-24/h8-9,11-16,20,24H,3-7,10,17-18H2,1-2H3. The van der Waals surface area contributed by atoms with Crippen LogP contribution in [0, 0.1) is 5.92 Å². The molecule has 0 aliphatic carbocycles. The number of hydrogen-bond donors (Lipinski definition) is 0. The third-order valence-electron chi connectivity index (χ3n) is 5.46. The van der Waals surface area contributed by atoms with Gasteiger partial charge < -0.3 is 4.74 Å². The smallest absolute Gasteiger partial charge is 0.0825 e. The van der Waals surface area contributed by atoms with E-state index in [1.807, 2.05) is 0 Å². The lowest BCUT2D eigenvalue weighted by Gasteiger charge is -2.29. The lowest BCUT2D eigenvalue weighted by atomic mass is 9.91. The molecule has 1 fully saturated rings. The molecule has 2 unspecified atom stereocenters. The zero-order chi connectivity index (χ0) is 17.5. The Balaban J connectivity index is 1.60. The van der Waals surface area contributed by atoms with Gasteiger partial charge in [-0.1, -0.05) is 75.2 Å². The van der Waals surface area contributed by atoms with E-state index < -0.39 is 0 Å². The average molecular weight is 337 g/mol. The minimum absolute atomic E-state index is 0.290. The molecule has 0 aromatic heterocycles. The van der Waals surface area contributed by atoms with E-state index in [0.29, 0.717) is 6.10 Å². The lowest BCUT2D eigenvalue weighted by Crippen LogP contribution is -2.20. The Hall–Kier alpha value is -1.60. The molecule has 0 saturated carbocycles. The number of benzene rings is 2. The van der Waals surface area contributed by atoms with Gasteiger partial charge in [0.15, 0.2) is 0 Å². The fraction of sp³-hybridized carbons (Fsp3) is 0.500. The molecule has 3 rings (SSSR count). The van der Waals surface area contributed by atoms with Gasteiger partial charge in [0.2, 0.25) is 0 Å². The zero-order valence-electron chi connectivity index (χ0n) is 15.8. The van der Waals surface area contributed by atoms with Gasteiger partial charge in [0.05, 0.1) is 12.7 Å². The van der Waals surface area contributed by atoms with E-state index in [1.54, 1.807) is 0 Å². The van der Waals surface area contributed by atoms with Gasteiger partial charge >= 0.3 is 0 Å². The number of ether oxygens (including phenoxy) is 1. The molecule has 1 nitrogen and oxygen atoms in total. The van der Waals surface area contributed by atoms with Gasteiger partial charge in [-0.05, 0) is 60.3 Å². The summed E-state index contributed by atoms with van der Waals surface area (Å²) in [5.74, 6) is 0.770. The van der Waals surface area contributed by atoms with Gasteiger partial charge in [0.1, 0.15) is 0 Å². The third kappa shape index (κ3) is 4.95. The first-order chi connectivity index (χ1) is 12.3. The van der Waals surface area contributed by atoms with Crippen LogP contribution in [-0.4, -0.2) is 6.61 Å². The quantitative estimate of drug-likeness (QED) is 0.531. The summed E-state index contributed by atoms with van der Waals surface area (Å²) in [4.78, 5) is 0. The van der Waals surface area contributed by atoms with Gasteiger partial charge in [0, 0.05) is 0 Å². The van der Waals surface area contributed by atoms with Crippen molar-refractivity contribution in [2.24, 2.45) is 5.92 Å². The number of hydrogen-bond acceptors (Lipinski definition) is 1. The molecule has 0 spiro atoms.